The van der Waals surface area contributed by atoms with Gasteiger partial charge >= 0.3 is 0 Å². The molecule has 1 rings (SSSR count). The molecule has 0 aliphatic heterocycles. The molecule has 0 amide bonds. The maximum atomic E-state index is 6.06. The maximum Gasteiger partial charge on any atom is 0.0141 e. The summed E-state index contributed by atoms with van der Waals surface area (Å²) in [7, 11) is 0. The molecule has 19 heavy (non-hydrogen) atoms. The fraction of sp³-hybridized carbons (Fsp3) is 1.00. The summed E-state index contributed by atoms with van der Waals surface area (Å²) in [6.45, 7) is 11.5. The van der Waals surface area contributed by atoms with E-state index in [4.69, 9.17) is 5.73 Å². The van der Waals surface area contributed by atoms with Gasteiger partial charge in [-0.2, -0.15) is 0 Å². The molecule has 0 heterocycles. The van der Waals surface area contributed by atoms with Crippen LogP contribution < -0.4 is 5.73 Å². The van der Waals surface area contributed by atoms with Crippen LogP contribution >= 0.6 is 0 Å². The number of rotatable bonds is 8. The molecule has 4 atom stereocenters. The fourth-order valence-electron chi connectivity index (χ4n) is 3.63. The van der Waals surface area contributed by atoms with Crippen LogP contribution in [0.25, 0.3) is 0 Å². The van der Waals surface area contributed by atoms with E-state index in [-0.39, 0.29) is 0 Å². The molecule has 114 valence electrons. The molecular weight excluding hydrogens is 232 g/mol. The molecule has 1 saturated carbocycles. The lowest BCUT2D eigenvalue weighted by molar-refractivity contribution is 0.0485. The summed E-state index contributed by atoms with van der Waals surface area (Å²) < 4.78 is 0. The average Bonchev–Trinajstić information content (AvgIpc) is 2.46. The first kappa shape index (κ1) is 17.0. The molecule has 4 unspecified atom stereocenters. The largest absolute Gasteiger partial charge is 0.330 e. The number of unbranched alkanes of at least 4 members (excludes halogenated alkanes) is 1. The van der Waals surface area contributed by atoms with Gasteiger partial charge in [0.05, 0.1) is 0 Å². The number of hydrogen-bond acceptors (Lipinski definition) is 2. The van der Waals surface area contributed by atoms with E-state index in [0.29, 0.717) is 6.04 Å². The molecule has 0 radical (unpaired) electrons. The lowest BCUT2D eigenvalue weighted by Crippen LogP contribution is -2.50. The standard InChI is InChI=1S/C17H36N2/c1-5-8-11-19(14(4)6-2)17-12-15(7-3)9-10-16(17)13-18/h14-17H,5-13,18H2,1-4H3. The second-order valence-electron chi connectivity index (χ2n) is 6.50. The fourth-order valence-corrected chi connectivity index (χ4v) is 3.63. The first-order chi connectivity index (χ1) is 9.17. The van der Waals surface area contributed by atoms with E-state index in [1.807, 2.05) is 0 Å². The summed E-state index contributed by atoms with van der Waals surface area (Å²) >= 11 is 0. The van der Waals surface area contributed by atoms with Crippen molar-refractivity contribution in [1.29, 1.82) is 0 Å². The third-order valence-electron chi connectivity index (χ3n) is 5.30. The minimum Gasteiger partial charge on any atom is -0.330 e. The zero-order valence-corrected chi connectivity index (χ0v) is 13.7. The van der Waals surface area contributed by atoms with Crippen molar-refractivity contribution in [3.63, 3.8) is 0 Å². The summed E-state index contributed by atoms with van der Waals surface area (Å²) in [6, 6.07) is 1.45. The summed E-state index contributed by atoms with van der Waals surface area (Å²) in [4.78, 5) is 2.79. The first-order valence-electron chi connectivity index (χ1n) is 8.63. The average molecular weight is 268 g/mol. The number of nitrogens with two attached hydrogens (primary N) is 1. The van der Waals surface area contributed by atoms with Crippen LogP contribution in [-0.2, 0) is 0 Å². The van der Waals surface area contributed by atoms with Gasteiger partial charge in [0, 0.05) is 12.1 Å². The Labute approximate surface area is 121 Å². The highest BCUT2D eigenvalue weighted by Crippen LogP contribution is 2.35. The van der Waals surface area contributed by atoms with Gasteiger partial charge in [-0.1, -0.05) is 40.0 Å². The van der Waals surface area contributed by atoms with E-state index in [1.165, 1.54) is 51.5 Å². The Morgan fingerprint density at radius 1 is 1.21 bits per heavy atom. The second kappa shape index (κ2) is 8.97. The van der Waals surface area contributed by atoms with Gasteiger partial charge in [0.1, 0.15) is 0 Å². The van der Waals surface area contributed by atoms with Gasteiger partial charge in [-0.25, -0.2) is 0 Å². The molecule has 1 fully saturated rings. The molecule has 2 heteroatoms. The molecular formula is C17H36N2. The Hall–Kier alpha value is -0.0800. The van der Waals surface area contributed by atoms with Crippen molar-refractivity contribution in [3.8, 4) is 0 Å². The lowest BCUT2D eigenvalue weighted by Gasteiger charge is -2.45. The van der Waals surface area contributed by atoms with Crippen molar-refractivity contribution in [2.75, 3.05) is 13.1 Å². The van der Waals surface area contributed by atoms with Crippen molar-refractivity contribution in [2.45, 2.75) is 84.7 Å². The molecule has 0 saturated heterocycles. The topological polar surface area (TPSA) is 29.3 Å². The van der Waals surface area contributed by atoms with Gasteiger partial charge in [0.2, 0.25) is 0 Å². The van der Waals surface area contributed by atoms with Crippen LogP contribution in [0.15, 0.2) is 0 Å². The lowest BCUT2D eigenvalue weighted by atomic mass is 9.76. The Bertz CT molecular complexity index is 229. The Kier molecular flexibility index (Phi) is 8.01. The zero-order valence-electron chi connectivity index (χ0n) is 13.7. The SMILES string of the molecule is CCCCN(C(C)CC)C1CC(CC)CCC1CN. The molecule has 1 aliphatic rings. The van der Waals surface area contributed by atoms with Gasteiger partial charge < -0.3 is 5.73 Å². The van der Waals surface area contributed by atoms with Gasteiger partial charge in [0.15, 0.2) is 0 Å². The van der Waals surface area contributed by atoms with Gasteiger partial charge in [0.25, 0.3) is 0 Å². The zero-order chi connectivity index (χ0) is 14.3. The predicted molar refractivity (Wildman–Crippen MR) is 85.3 cm³/mol. The third-order valence-corrected chi connectivity index (χ3v) is 5.30. The summed E-state index contributed by atoms with van der Waals surface area (Å²) in [6.07, 6.45) is 9.35. The van der Waals surface area contributed by atoms with E-state index in [2.05, 4.69) is 32.6 Å². The van der Waals surface area contributed by atoms with Crippen molar-refractivity contribution >= 4 is 0 Å². The molecule has 2 N–H and O–H groups in total. The van der Waals surface area contributed by atoms with Crippen molar-refractivity contribution in [1.82, 2.24) is 4.90 Å². The van der Waals surface area contributed by atoms with Crippen LogP contribution in [0.4, 0.5) is 0 Å². The van der Waals surface area contributed by atoms with Crippen LogP contribution in [0.2, 0.25) is 0 Å². The van der Waals surface area contributed by atoms with Crippen molar-refractivity contribution in [3.05, 3.63) is 0 Å². The van der Waals surface area contributed by atoms with Gasteiger partial charge in [-0.05, 0) is 57.5 Å². The minimum absolute atomic E-state index is 0.709. The van der Waals surface area contributed by atoms with Crippen LogP contribution in [0, 0.1) is 11.8 Å². The maximum absolute atomic E-state index is 6.06. The Balaban J connectivity index is 2.75. The number of hydrogen-bond donors (Lipinski definition) is 1. The van der Waals surface area contributed by atoms with E-state index in [9.17, 15) is 0 Å². The van der Waals surface area contributed by atoms with E-state index in [0.717, 1.165) is 24.4 Å². The number of nitrogens with zero attached hydrogens (tertiary/aromatic N) is 1. The molecule has 1 aliphatic carbocycles. The van der Waals surface area contributed by atoms with Crippen molar-refractivity contribution in [2.24, 2.45) is 17.6 Å². The molecule has 2 nitrogen and oxygen atoms in total. The van der Waals surface area contributed by atoms with Crippen LogP contribution in [0.3, 0.4) is 0 Å². The summed E-state index contributed by atoms with van der Waals surface area (Å²) in [5.74, 6) is 1.66. The highest BCUT2D eigenvalue weighted by atomic mass is 15.2. The summed E-state index contributed by atoms with van der Waals surface area (Å²) in [5.41, 5.74) is 6.06. The highest BCUT2D eigenvalue weighted by Gasteiger charge is 2.34. The smallest absolute Gasteiger partial charge is 0.0141 e. The van der Waals surface area contributed by atoms with E-state index in [1.54, 1.807) is 0 Å². The van der Waals surface area contributed by atoms with Gasteiger partial charge in [-0.15, -0.1) is 0 Å². The minimum atomic E-state index is 0.709. The van der Waals surface area contributed by atoms with Crippen LogP contribution in [0.1, 0.15) is 72.6 Å². The first-order valence-corrected chi connectivity index (χ1v) is 8.63. The summed E-state index contributed by atoms with van der Waals surface area (Å²) in [5, 5.41) is 0. The normalized spacial score (nSPS) is 29.7. The van der Waals surface area contributed by atoms with E-state index < -0.39 is 0 Å². The van der Waals surface area contributed by atoms with Crippen LogP contribution in [-0.4, -0.2) is 30.1 Å². The quantitative estimate of drug-likeness (QED) is 0.720. The molecule has 0 aromatic rings. The predicted octanol–water partition coefficient (Wildman–Crippen LogP) is 4.04. The molecule has 0 aromatic heterocycles. The molecule has 0 aromatic carbocycles. The van der Waals surface area contributed by atoms with Crippen molar-refractivity contribution < 1.29 is 0 Å². The van der Waals surface area contributed by atoms with Gasteiger partial charge in [-0.3, -0.25) is 4.90 Å². The van der Waals surface area contributed by atoms with E-state index >= 15 is 0 Å². The molecule has 0 bridgehead atoms. The monoisotopic (exact) mass is 268 g/mol. The highest BCUT2D eigenvalue weighted by molar-refractivity contribution is 4.89. The van der Waals surface area contributed by atoms with Crippen LogP contribution in [0.5, 0.6) is 0 Å². The second-order valence-corrected chi connectivity index (χ2v) is 6.50. The Morgan fingerprint density at radius 2 is 1.95 bits per heavy atom. The third kappa shape index (κ3) is 4.75. The Morgan fingerprint density at radius 3 is 2.47 bits per heavy atom. The molecule has 0 spiro atoms.